The SMILES string of the molecule is Cc1nc2c(C)cc(-c3cc(C)c(C)c(F)c3)nn2n1. The van der Waals surface area contributed by atoms with Gasteiger partial charge in [-0.15, -0.1) is 14.8 Å². The predicted octanol–water partition coefficient (Wildman–Crippen LogP) is 3.16. The molecule has 5 heteroatoms. The van der Waals surface area contributed by atoms with Gasteiger partial charge in [0.1, 0.15) is 11.6 Å². The van der Waals surface area contributed by atoms with Gasteiger partial charge in [0.2, 0.25) is 0 Å². The molecule has 4 nitrogen and oxygen atoms in total. The Balaban J connectivity index is 2.24. The van der Waals surface area contributed by atoms with E-state index in [2.05, 4.69) is 15.2 Å². The second-order valence-electron chi connectivity index (χ2n) is 5.08. The molecule has 3 aromatic rings. The Kier molecular flexibility index (Phi) is 2.78. The maximum absolute atomic E-state index is 13.9. The van der Waals surface area contributed by atoms with Gasteiger partial charge in [0.05, 0.1) is 5.69 Å². The Morgan fingerprint density at radius 1 is 0.950 bits per heavy atom. The van der Waals surface area contributed by atoms with E-state index >= 15 is 0 Å². The summed E-state index contributed by atoms with van der Waals surface area (Å²) in [6, 6.07) is 5.36. The van der Waals surface area contributed by atoms with Gasteiger partial charge in [-0.05, 0) is 62.6 Å². The smallest absolute Gasteiger partial charge is 0.179 e. The number of aryl methyl sites for hydroxylation is 3. The number of nitrogens with zero attached hydrogens (tertiary/aromatic N) is 4. The Labute approximate surface area is 116 Å². The van der Waals surface area contributed by atoms with Crippen LogP contribution < -0.4 is 0 Å². The van der Waals surface area contributed by atoms with Gasteiger partial charge in [-0.2, -0.15) is 0 Å². The van der Waals surface area contributed by atoms with Crippen molar-refractivity contribution in [1.29, 1.82) is 0 Å². The van der Waals surface area contributed by atoms with E-state index in [0.717, 1.165) is 22.3 Å². The second-order valence-corrected chi connectivity index (χ2v) is 5.08. The fraction of sp³-hybridized carbons (Fsp3) is 0.267. The fourth-order valence-corrected chi connectivity index (χ4v) is 2.23. The Morgan fingerprint density at radius 2 is 1.70 bits per heavy atom. The van der Waals surface area contributed by atoms with Crippen LogP contribution in [0.15, 0.2) is 18.2 Å². The molecule has 0 atom stereocenters. The van der Waals surface area contributed by atoms with Crippen molar-refractivity contribution < 1.29 is 4.39 Å². The number of halogens is 1. The molecule has 0 saturated heterocycles. The molecule has 0 aliphatic rings. The highest BCUT2D eigenvalue weighted by atomic mass is 19.1. The number of hydrogen-bond acceptors (Lipinski definition) is 3. The summed E-state index contributed by atoms with van der Waals surface area (Å²) in [5.41, 5.74) is 4.73. The van der Waals surface area contributed by atoms with Crippen LogP contribution >= 0.6 is 0 Å². The third kappa shape index (κ3) is 1.95. The van der Waals surface area contributed by atoms with Crippen LogP contribution in [0, 0.1) is 33.5 Å². The summed E-state index contributed by atoms with van der Waals surface area (Å²) < 4.78 is 15.4. The lowest BCUT2D eigenvalue weighted by atomic mass is 10.0. The fourth-order valence-electron chi connectivity index (χ4n) is 2.23. The van der Waals surface area contributed by atoms with Crippen molar-refractivity contribution in [3.8, 4) is 11.3 Å². The molecule has 0 aliphatic carbocycles. The molecule has 3 rings (SSSR count). The van der Waals surface area contributed by atoms with E-state index < -0.39 is 0 Å². The quantitative estimate of drug-likeness (QED) is 0.682. The van der Waals surface area contributed by atoms with Gasteiger partial charge in [0, 0.05) is 5.56 Å². The van der Waals surface area contributed by atoms with Crippen LogP contribution in [0.5, 0.6) is 0 Å². The summed E-state index contributed by atoms with van der Waals surface area (Å²) in [6.07, 6.45) is 0. The molecule has 2 heterocycles. The molecule has 0 saturated carbocycles. The van der Waals surface area contributed by atoms with Crippen LogP contribution in [0.2, 0.25) is 0 Å². The topological polar surface area (TPSA) is 43.1 Å². The van der Waals surface area contributed by atoms with E-state index in [1.165, 1.54) is 10.7 Å². The number of fused-ring (bicyclic) bond motifs is 1. The van der Waals surface area contributed by atoms with Crippen molar-refractivity contribution in [3.63, 3.8) is 0 Å². The molecule has 1 aromatic carbocycles. The maximum Gasteiger partial charge on any atom is 0.179 e. The van der Waals surface area contributed by atoms with Crippen molar-refractivity contribution in [1.82, 2.24) is 19.8 Å². The van der Waals surface area contributed by atoms with Gasteiger partial charge in [-0.3, -0.25) is 0 Å². The molecule has 0 N–H and O–H groups in total. The maximum atomic E-state index is 13.9. The van der Waals surface area contributed by atoms with Gasteiger partial charge < -0.3 is 0 Å². The van der Waals surface area contributed by atoms with Crippen LogP contribution in [0.1, 0.15) is 22.5 Å². The minimum absolute atomic E-state index is 0.214. The summed E-state index contributed by atoms with van der Waals surface area (Å²) in [5.74, 6) is 0.457. The lowest BCUT2D eigenvalue weighted by molar-refractivity contribution is 0.617. The van der Waals surface area contributed by atoms with E-state index in [1.807, 2.05) is 32.9 Å². The van der Waals surface area contributed by atoms with E-state index in [0.29, 0.717) is 17.1 Å². The first-order chi connectivity index (χ1) is 9.45. The lowest BCUT2D eigenvalue weighted by Gasteiger charge is -2.07. The largest absolute Gasteiger partial charge is 0.210 e. The third-order valence-corrected chi connectivity index (χ3v) is 3.50. The summed E-state index contributed by atoms with van der Waals surface area (Å²) in [7, 11) is 0. The third-order valence-electron chi connectivity index (χ3n) is 3.50. The summed E-state index contributed by atoms with van der Waals surface area (Å²) >= 11 is 0. The van der Waals surface area contributed by atoms with Crippen molar-refractivity contribution in [2.24, 2.45) is 0 Å². The number of hydrogen-bond donors (Lipinski definition) is 0. The Hall–Kier alpha value is -2.30. The molecule has 102 valence electrons. The molecule has 2 aromatic heterocycles. The van der Waals surface area contributed by atoms with E-state index in [-0.39, 0.29) is 5.82 Å². The Morgan fingerprint density at radius 3 is 2.40 bits per heavy atom. The van der Waals surface area contributed by atoms with Gasteiger partial charge in [-0.25, -0.2) is 9.37 Å². The molecule has 0 fully saturated rings. The highest BCUT2D eigenvalue weighted by molar-refractivity contribution is 5.64. The van der Waals surface area contributed by atoms with Gasteiger partial charge in [-0.1, -0.05) is 0 Å². The zero-order valence-corrected chi connectivity index (χ0v) is 11.9. The van der Waals surface area contributed by atoms with Crippen molar-refractivity contribution >= 4 is 5.65 Å². The minimum atomic E-state index is -0.214. The van der Waals surface area contributed by atoms with Gasteiger partial charge >= 0.3 is 0 Å². The van der Waals surface area contributed by atoms with E-state index in [1.54, 1.807) is 6.92 Å². The van der Waals surface area contributed by atoms with Crippen molar-refractivity contribution in [3.05, 3.63) is 46.5 Å². The van der Waals surface area contributed by atoms with Crippen LogP contribution in [-0.4, -0.2) is 19.8 Å². The molecule has 0 bridgehead atoms. The number of benzene rings is 1. The highest BCUT2D eigenvalue weighted by Crippen LogP contribution is 2.24. The summed E-state index contributed by atoms with van der Waals surface area (Å²) in [6.45, 7) is 7.44. The van der Waals surface area contributed by atoms with E-state index in [4.69, 9.17) is 0 Å². The lowest BCUT2D eigenvalue weighted by Crippen LogP contribution is -2.00. The second kappa shape index (κ2) is 4.37. The predicted molar refractivity (Wildman–Crippen MR) is 75.1 cm³/mol. The zero-order chi connectivity index (χ0) is 14.4. The average molecular weight is 270 g/mol. The summed E-state index contributed by atoms with van der Waals surface area (Å²) in [5, 5.41) is 8.64. The highest BCUT2D eigenvalue weighted by Gasteiger charge is 2.11. The standard InChI is InChI=1S/C15H15FN4/c1-8-5-12(7-13(16)10(8)3)14-6-9(2)15-17-11(4)18-20(15)19-14/h5-7H,1-4H3. The molecule has 0 unspecified atom stereocenters. The summed E-state index contributed by atoms with van der Waals surface area (Å²) in [4.78, 5) is 4.31. The van der Waals surface area contributed by atoms with Gasteiger partial charge in [0.15, 0.2) is 5.65 Å². The minimum Gasteiger partial charge on any atom is -0.210 e. The molecular formula is C15H15FN4. The molecule has 20 heavy (non-hydrogen) atoms. The van der Waals surface area contributed by atoms with Crippen LogP contribution in [-0.2, 0) is 0 Å². The first kappa shape index (κ1) is 12.7. The first-order valence-electron chi connectivity index (χ1n) is 6.44. The normalized spacial score (nSPS) is 11.2. The van der Waals surface area contributed by atoms with Crippen LogP contribution in [0.3, 0.4) is 0 Å². The van der Waals surface area contributed by atoms with Crippen molar-refractivity contribution in [2.45, 2.75) is 27.7 Å². The first-order valence-corrected chi connectivity index (χ1v) is 6.44. The molecule has 0 amide bonds. The number of aromatic nitrogens is 4. The van der Waals surface area contributed by atoms with Gasteiger partial charge in [0.25, 0.3) is 0 Å². The average Bonchev–Trinajstić information content (AvgIpc) is 2.76. The van der Waals surface area contributed by atoms with Crippen LogP contribution in [0.25, 0.3) is 16.9 Å². The Bertz CT molecular complexity index is 797. The number of rotatable bonds is 1. The zero-order valence-electron chi connectivity index (χ0n) is 11.9. The molecule has 0 spiro atoms. The molecule has 0 aliphatic heterocycles. The van der Waals surface area contributed by atoms with Crippen molar-refractivity contribution in [2.75, 3.05) is 0 Å². The molecular weight excluding hydrogens is 255 g/mol. The molecule has 0 radical (unpaired) electrons. The van der Waals surface area contributed by atoms with Crippen LogP contribution in [0.4, 0.5) is 4.39 Å². The monoisotopic (exact) mass is 270 g/mol. The van der Waals surface area contributed by atoms with E-state index in [9.17, 15) is 4.39 Å².